The van der Waals surface area contributed by atoms with Crippen molar-refractivity contribution in [3.05, 3.63) is 30.1 Å². The Hall–Kier alpha value is -2.11. The Morgan fingerprint density at radius 1 is 1.39 bits per heavy atom. The number of aromatic nitrogens is 2. The Balaban J connectivity index is 1.51. The number of nitrogens with zero attached hydrogens (tertiary/aromatic N) is 2. The summed E-state index contributed by atoms with van der Waals surface area (Å²) in [7, 11) is 1.81. The van der Waals surface area contributed by atoms with Gasteiger partial charge in [-0.2, -0.15) is 5.10 Å². The van der Waals surface area contributed by atoms with Gasteiger partial charge in [0.15, 0.2) is 0 Å². The van der Waals surface area contributed by atoms with E-state index in [1.54, 1.807) is 24.1 Å². The smallest absolute Gasteiger partial charge is 0.309 e. The molecule has 2 N–H and O–H groups in total. The van der Waals surface area contributed by atoms with Gasteiger partial charge in [0, 0.05) is 25.4 Å². The number of aryl methyl sites for hydroxylation is 1. The van der Waals surface area contributed by atoms with Crippen LogP contribution >= 0.6 is 0 Å². The van der Waals surface area contributed by atoms with Crippen LogP contribution in [0.1, 0.15) is 32.3 Å². The molecule has 23 heavy (non-hydrogen) atoms. The van der Waals surface area contributed by atoms with Gasteiger partial charge in [-0.15, -0.1) is 0 Å². The van der Waals surface area contributed by atoms with Crippen molar-refractivity contribution >= 4 is 11.8 Å². The summed E-state index contributed by atoms with van der Waals surface area (Å²) >= 11 is 0. The highest BCUT2D eigenvalue weighted by molar-refractivity contribution is 6.35. The molecule has 124 valence electrons. The van der Waals surface area contributed by atoms with Gasteiger partial charge in [-0.3, -0.25) is 14.3 Å². The highest BCUT2D eigenvalue weighted by atomic mass is 16.2. The van der Waals surface area contributed by atoms with E-state index in [-0.39, 0.29) is 11.5 Å². The number of carbonyl (C=O) groups is 2. The Morgan fingerprint density at radius 2 is 2.13 bits per heavy atom. The zero-order valence-corrected chi connectivity index (χ0v) is 13.9. The van der Waals surface area contributed by atoms with Crippen molar-refractivity contribution in [2.45, 2.75) is 39.3 Å². The highest BCUT2D eigenvalue weighted by Crippen LogP contribution is 2.60. The van der Waals surface area contributed by atoms with E-state index < -0.39 is 11.8 Å². The SMILES string of the molecule is C=C1C(NC(=O)C(=O)NCc2cnn(C)c2)C[C@H]2C[C@@H]1C2(C)C. The zero-order valence-electron chi connectivity index (χ0n) is 13.9. The van der Waals surface area contributed by atoms with Crippen LogP contribution in [0.5, 0.6) is 0 Å². The van der Waals surface area contributed by atoms with E-state index in [0.29, 0.717) is 18.4 Å². The lowest BCUT2D eigenvalue weighted by atomic mass is 9.46. The lowest BCUT2D eigenvalue weighted by molar-refractivity contribution is -0.140. The third-order valence-electron chi connectivity index (χ3n) is 5.61. The van der Waals surface area contributed by atoms with E-state index in [1.807, 2.05) is 0 Å². The van der Waals surface area contributed by atoms with Crippen molar-refractivity contribution in [2.75, 3.05) is 0 Å². The number of hydrogen-bond donors (Lipinski definition) is 2. The topological polar surface area (TPSA) is 76.0 Å². The van der Waals surface area contributed by atoms with Gasteiger partial charge in [-0.05, 0) is 30.1 Å². The monoisotopic (exact) mass is 316 g/mol. The molecule has 0 saturated heterocycles. The molecule has 0 spiro atoms. The lowest BCUT2D eigenvalue weighted by Gasteiger charge is -2.59. The minimum Gasteiger partial charge on any atom is -0.344 e. The number of amides is 2. The van der Waals surface area contributed by atoms with Gasteiger partial charge in [0.1, 0.15) is 0 Å². The van der Waals surface area contributed by atoms with E-state index in [2.05, 4.69) is 36.2 Å². The van der Waals surface area contributed by atoms with Crippen LogP contribution in [0.3, 0.4) is 0 Å². The Labute approximate surface area is 136 Å². The molecule has 0 radical (unpaired) electrons. The summed E-state index contributed by atoms with van der Waals surface area (Å²) in [6.07, 6.45) is 5.50. The molecule has 1 unspecified atom stereocenters. The molecule has 3 fully saturated rings. The average Bonchev–Trinajstić information content (AvgIpc) is 2.91. The van der Waals surface area contributed by atoms with E-state index in [4.69, 9.17) is 0 Å². The molecule has 3 aliphatic carbocycles. The molecule has 0 aliphatic heterocycles. The van der Waals surface area contributed by atoms with Gasteiger partial charge in [-0.25, -0.2) is 0 Å². The summed E-state index contributed by atoms with van der Waals surface area (Å²) in [6.45, 7) is 8.98. The van der Waals surface area contributed by atoms with Crippen molar-refractivity contribution in [3.8, 4) is 0 Å². The summed E-state index contributed by atoms with van der Waals surface area (Å²) in [5.41, 5.74) is 2.20. The van der Waals surface area contributed by atoms with Crippen LogP contribution in [-0.4, -0.2) is 27.6 Å². The maximum atomic E-state index is 12.1. The van der Waals surface area contributed by atoms with Crippen molar-refractivity contribution in [1.29, 1.82) is 0 Å². The average molecular weight is 316 g/mol. The van der Waals surface area contributed by atoms with E-state index in [0.717, 1.165) is 24.0 Å². The van der Waals surface area contributed by atoms with Crippen LogP contribution in [-0.2, 0) is 23.2 Å². The third-order valence-corrected chi connectivity index (χ3v) is 5.61. The zero-order chi connectivity index (χ0) is 16.8. The minimum absolute atomic E-state index is 0.0802. The van der Waals surface area contributed by atoms with Crippen LogP contribution in [0.25, 0.3) is 0 Å². The first kappa shape index (κ1) is 15.8. The maximum Gasteiger partial charge on any atom is 0.309 e. The molecule has 3 atom stereocenters. The molecule has 2 bridgehead atoms. The van der Waals surface area contributed by atoms with Crippen molar-refractivity contribution < 1.29 is 9.59 Å². The summed E-state index contributed by atoms with van der Waals surface area (Å²) < 4.78 is 1.65. The molecule has 3 aliphatic rings. The summed E-state index contributed by atoms with van der Waals surface area (Å²) in [5, 5.41) is 9.48. The summed E-state index contributed by atoms with van der Waals surface area (Å²) in [4.78, 5) is 24.0. The molecule has 1 aromatic rings. The molecule has 1 heterocycles. The number of carbonyl (C=O) groups excluding carboxylic acids is 2. The third kappa shape index (κ3) is 2.78. The second kappa shape index (κ2) is 5.51. The molecule has 4 rings (SSSR count). The fourth-order valence-corrected chi connectivity index (χ4v) is 3.93. The Morgan fingerprint density at radius 3 is 2.70 bits per heavy atom. The largest absolute Gasteiger partial charge is 0.344 e. The summed E-state index contributed by atoms with van der Waals surface area (Å²) in [6, 6.07) is -0.0802. The first-order valence-corrected chi connectivity index (χ1v) is 8.04. The van der Waals surface area contributed by atoms with Crippen LogP contribution in [0.15, 0.2) is 24.5 Å². The molecule has 0 aromatic carbocycles. The minimum atomic E-state index is -0.611. The first-order chi connectivity index (χ1) is 10.8. The van der Waals surface area contributed by atoms with Crippen molar-refractivity contribution in [1.82, 2.24) is 20.4 Å². The number of nitrogens with one attached hydrogen (secondary N) is 2. The predicted octanol–water partition coefficient (Wildman–Crippen LogP) is 1.14. The number of fused-ring (bicyclic) bond motifs is 2. The second-order valence-corrected chi connectivity index (χ2v) is 7.35. The van der Waals surface area contributed by atoms with Crippen LogP contribution in [0, 0.1) is 17.3 Å². The first-order valence-electron chi connectivity index (χ1n) is 8.04. The van der Waals surface area contributed by atoms with Crippen molar-refractivity contribution in [3.63, 3.8) is 0 Å². The quantitative estimate of drug-likeness (QED) is 0.648. The van der Waals surface area contributed by atoms with Gasteiger partial charge < -0.3 is 10.6 Å². The molecule has 2 amide bonds. The van der Waals surface area contributed by atoms with Crippen LogP contribution in [0.2, 0.25) is 0 Å². The molecule has 6 nitrogen and oxygen atoms in total. The Kier molecular flexibility index (Phi) is 3.78. The van der Waals surface area contributed by atoms with Gasteiger partial charge in [0.25, 0.3) is 0 Å². The number of rotatable bonds is 3. The standard InChI is InChI=1S/C17H24N4O2/c1-10-13-5-12(17(13,2)3)6-14(10)20-16(23)15(22)18-7-11-8-19-21(4)9-11/h8-9,12-14H,1,5-7H2,2-4H3,(H,18,22)(H,20,23)/t12-,13+,14?/m1/s1. The van der Waals surface area contributed by atoms with E-state index in [9.17, 15) is 9.59 Å². The van der Waals surface area contributed by atoms with Gasteiger partial charge in [-0.1, -0.05) is 26.0 Å². The Bertz CT molecular complexity index is 661. The lowest BCUT2D eigenvalue weighted by Crippen LogP contribution is -2.58. The molecule has 1 aromatic heterocycles. The molecule has 6 heteroatoms. The van der Waals surface area contributed by atoms with Crippen LogP contribution in [0.4, 0.5) is 0 Å². The summed E-state index contributed by atoms with van der Waals surface area (Å²) in [5.74, 6) is -0.147. The maximum absolute atomic E-state index is 12.1. The van der Waals surface area contributed by atoms with Gasteiger partial charge in [0.05, 0.1) is 12.2 Å². The highest BCUT2D eigenvalue weighted by Gasteiger charge is 2.54. The fourth-order valence-electron chi connectivity index (χ4n) is 3.93. The number of hydrogen-bond acceptors (Lipinski definition) is 3. The van der Waals surface area contributed by atoms with Crippen molar-refractivity contribution in [2.24, 2.45) is 24.3 Å². The van der Waals surface area contributed by atoms with E-state index >= 15 is 0 Å². The van der Waals surface area contributed by atoms with Gasteiger partial charge in [0.2, 0.25) is 0 Å². The van der Waals surface area contributed by atoms with Crippen LogP contribution < -0.4 is 10.6 Å². The normalized spacial score (nSPS) is 28.0. The van der Waals surface area contributed by atoms with E-state index in [1.165, 1.54) is 0 Å². The van der Waals surface area contributed by atoms with Gasteiger partial charge >= 0.3 is 11.8 Å². The molecular weight excluding hydrogens is 292 g/mol. The molecule has 3 saturated carbocycles. The molecular formula is C17H24N4O2. The second-order valence-electron chi connectivity index (χ2n) is 7.35. The predicted molar refractivity (Wildman–Crippen MR) is 86.1 cm³/mol. The fraction of sp³-hybridized carbons (Fsp3) is 0.588.